The highest BCUT2D eigenvalue weighted by Gasteiger charge is 2.48. The number of alkyl halides is 2. The number of pyridine rings is 2. The zero-order chi connectivity index (χ0) is 22.1. The Kier molecular flexibility index (Phi) is 6.16. The molecule has 10 heteroatoms. The molecular weight excluding hydrogens is 397 g/mol. The molecule has 1 aliphatic carbocycles. The number of aryl methyl sites for hydroxylation is 1. The van der Waals surface area contributed by atoms with Crippen LogP contribution in [0.5, 0.6) is 0 Å². The molecule has 1 saturated carbocycles. The highest BCUT2D eigenvalue weighted by Crippen LogP contribution is 2.37. The van der Waals surface area contributed by atoms with Gasteiger partial charge in [-0.15, -0.1) is 0 Å². The predicted molar refractivity (Wildman–Crippen MR) is 109 cm³/mol. The molecular formula is C20H25F3N6O. The quantitative estimate of drug-likeness (QED) is 0.662. The minimum absolute atomic E-state index is 0.0294. The number of aromatic nitrogens is 2. The van der Waals surface area contributed by atoms with Crippen molar-refractivity contribution in [1.82, 2.24) is 15.3 Å². The third kappa shape index (κ3) is 4.33. The van der Waals surface area contributed by atoms with Gasteiger partial charge in [0.1, 0.15) is 5.82 Å². The second kappa shape index (κ2) is 8.47. The normalized spacial score (nSPS) is 20.6. The standard InChI is InChI=1S/C20H25F3N6O/c1-11-7-12(10-26-9-11)27-18-13(17(24)30)8-14(21)19(28-18)29(3)15-5-4-6-20(22,23)16(15)25-2/h7-10,15-16,25H,4-6H2,1-3H3,(H2,24,30)(H,27,28). The van der Waals surface area contributed by atoms with Gasteiger partial charge in [-0.1, -0.05) is 0 Å². The largest absolute Gasteiger partial charge is 0.365 e. The lowest BCUT2D eigenvalue weighted by Gasteiger charge is -2.42. The fourth-order valence-corrected chi connectivity index (χ4v) is 3.90. The summed E-state index contributed by atoms with van der Waals surface area (Å²) in [6.07, 6.45) is 3.69. The zero-order valence-electron chi connectivity index (χ0n) is 17.0. The minimum atomic E-state index is -2.93. The van der Waals surface area contributed by atoms with E-state index in [4.69, 9.17) is 5.73 Å². The Morgan fingerprint density at radius 1 is 1.33 bits per heavy atom. The van der Waals surface area contributed by atoms with Crippen molar-refractivity contribution in [3.63, 3.8) is 0 Å². The molecule has 1 aliphatic rings. The first kappa shape index (κ1) is 21.8. The summed E-state index contributed by atoms with van der Waals surface area (Å²) in [4.78, 5) is 21.5. The topological polar surface area (TPSA) is 96.2 Å². The summed E-state index contributed by atoms with van der Waals surface area (Å²) in [6.45, 7) is 1.84. The maximum Gasteiger partial charge on any atom is 0.265 e. The van der Waals surface area contributed by atoms with Crippen molar-refractivity contribution in [3.05, 3.63) is 41.5 Å². The van der Waals surface area contributed by atoms with Crippen molar-refractivity contribution in [3.8, 4) is 0 Å². The molecule has 1 amide bonds. The summed E-state index contributed by atoms with van der Waals surface area (Å²) in [7, 11) is 2.98. The summed E-state index contributed by atoms with van der Waals surface area (Å²) in [5.74, 6) is -4.73. The van der Waals surface area contributed by atoms with Crippen LogP contribution in [0, 0.1) is 12.7 Å². The lowest BCUT2D eigenvalue weighted by Crippen LogP contribution is -2.59. The van der Waals surface area contributed by atoms with Gasteiger partial charge in [-0.2, -0.15) is 0 Å². The van der Waals surface area contributed by atoms with Crippen LogP contribution in [-0.4, -0.2) is 48.0 Å². The summed E-state index contributed by atoms with van der Waals surface area (Å²) < 4.78 is 43.6. The van der Waals surface area contributed by atoms with Gasteiger partial charge in [-0.25, -0.2) is 18.2 Å². The smallest absolute Gasteiger partial charge is 0.265 e. The molecule has 7 nitrogen and oxygen atoms in total. The van der Waals surface area contributed by atoms with Gasteiger partial charge >= 0.3 is 0 Å². The third-order valence-corrected chi connectivity index (χ3v) is 5.35. The van der Waals surface area contributed by atoms with Crippen LogP contribution in [0.1, 0.15) is 35.2 Å². The van der Waals surface area contributed by atoms with Crippen LogP contribution < -0.4 is 21.3 Å². The number of nitrogens with two attached hydrogens (primary N) is 1. The predicted octanol–water partition coefficient (Wildman–Crippen LogP) is 2.98. The van der Waals surface area contributed by atoms with Gasteiger partial charge in [0.2, 0.25) is 0 Å². The number of nitrogens with one attached hydrogen (secondary N) is 2. The maximum absolute atomic E-state index is 14.9. The van der Waals surface area contributed by atoms with Gasteiger partial charge in [-0.05, 0) is 44.5 Å². The average Bonchev–Trinajstić information content (AvgIpc) is 2.67. The number of likely N-dealkylation sites (N-methyl/N-ethyl adjacent to an activating group) is 2. The van der Waals surface area contributed by atoms with E-state index in [2.05, 4.69) is 20.6 Å². The molecule has 30 heavy (non-hydrogen) atoms. The Bertz CT molecular complexity index is 939. The van der Waals surface area contributed by atoms with Crippen LogP contribution >= 0.6 is 0 Å². The first-order chi connectivity index (χ1) is 14.1. The number of nitrogens with zero attached hydrogens (tertiary/aromatic N) is 3. The van der Waals surface area contributed by atoms with Crippen molar-refractivity contribution in [2.24, 2.45) is 5.73 Å². The SMILES string of the molecule is CNC1C(N(C)c2nc(Nc3cncc(C)c3)c(C(N)=O)cc2F)CCCC1(F)F. The van der Waals surface area contributed by atoms with E-state index in [0.29, 0.717) is 18.5 Å². The van der Waals surface area contributed by atoms with Crippen molar-refractivity contribution in [2.75, 3.05) is 24.3 Å². The lowest BCUT2D eigenvalue weighted by molar-refractivity contribution is -0.0685. The van der Waals surface area contributed by atoms with E-state index in [0.717, 1.165) is 11.6 Å². The van der Waals surface area contributed by atoms with Gasteiger partial charge in [0, 0.05) is 19.7 Å². The molecule has 2 aromatic heterocycles. The minimum Gasteiger partial charge on any atom is -0.365 e. The van der Waals surface area contributed by atoms with E-state index in [1.807, 2.05) is 6.92 Å². The highest BCUT2D eigenvalue weighted by molar-refractivity contribution is 5.98. The van der Waals surface area contributed by atoms with Crippen molar-refractivity contribution in [1.29, 1.82) is 0 Å². The second-order valence-electron chi connectivity index (χ2n) is 7.53. The number of carbonyl (C=O) groups is 1. The Morgan fingerprint density at radius 3 is 2.70 bits per heavy atom. The van der Waals surface area contributed by atoms with Crippen LogP contribution in [0.25, 0.3) is 0 Å². The van der Waals surface area contributed by atoms with Crippen LogP contribution in [-0.2, 0) is 0 Å². The van der Waals surface area contributed by atoms with Gasteiger partial charge in [0.15, 0.2) is 11.6 Å². The molecule has 2 atom stereocenters. The number of hydrogen-bond donors (Lipinski definition) is 3. The third-order valence-electron chi connectivity index (χ3n) is 5.35. The van der Waals surface area contributed by atoms with Crippen molar-refractivity contribution >= 4 is 23.2 Å². The molecule has 2 heterocycles. The Morgan fingerprint density at radius 2 is 2.07 bits per heavy atom. The molecule has 0 saturated heterocycles. The monoisotopic (exact) mass is 422 g/mol. The molecule has 0 aliphatic heterocycles. The number of rotatable bonds is 6. The molecule has 2 aromatic rings. The number of anilines is 3. The van der Waals surface area contributed by atoms with E-state index < -0.39 is 29.7 Å². The lowest BCUT2D eigenvalue weighted by atomic mass is 9.86. The fourth-order valence-electron chi connectivity index (χ4n) is 3.90. The highest BCUT2D eigenvalue weighted by atomic mass is 19.3. The summed E-state index contributed by atoms with van der Waals surface area (Å²) in [5.41, 5.74) is 6.64. The van der Waals surface area contributed by atoms with E-state index in [-0.39, 0.29) is 23.6 Å². The van der Waals surface area contributed by atoms with Crippen LogP contribution in [0.15, 0.2) is 24.5 Å². The molecule has 1 fully saturated rings. The molecule has 3 rings (SSSR count). The molecule has 0 aromatic carbocycles. The van der Waals surface area contributed by atoms with Gasteiger partial charge < -0.3 is 21.3 Å². The molecule has 2 unspecified atom stereocenters. The first-order valence-electron chi connectivity index (χ1n) is 9.61. The fraction of sp³-hybridized carbons (Fsp3) is 0.450. The second-order valence-corrected chi connectivity index (χ2v) is 7.53. The average molecular weight is 422 g/mol. The molecule has 0 bridgehead atoms. The Labute approximate surface area is 172 Å². The van der Waals surface area contributed by atoms with Crippen LogP contribution in [0.2, 0.25) is 0 Å². The van der Waals surface area contributed by atoms with Crippen molar-refractivity contribution < 1.29 is 18.0 Å². The summed E-state index contributed by atoms with van der Waals surface area (Å²) in [5, 5.41) is 5.59. The summed E-state index contributed by atoms with van der Waals surface area (Å²) in [6, 6.07) is 0.895. The number of primary amides is 1. The maximum atomic E-state index is 14.9. The van der Waals surface area contributed by atoms with Gasteiger partial charge in [0.05, 0.1) is 29.5 Å². The van der Waals surface area contributed by atoms with Gasteiger partial charge in [-0.3, -0.25) is 9.78 Å². The van der Waals surface area contributed by atoms with Crippen molar-refractivity contribution in [2.45, 2.75) is 44.2 Å². The molecule has 0 spiro atoms. The number of hydrogen-bond acceptors (Lipinski definition) is 6. The van der Waals surface area contributed by atoms with E-state index in [1.54, 1.807) is 12.3 Å². The van der Waals surface area contributed by atoms with Crippen LogP contribution in [0.4, 0.5) is 30.5 Å². The van der Waals surface area contributed by atoms with E-state index >= 15 is 0 Å². The van der Waals surface area contributed by atoms with Gasteiger partial charge in [0.25, 0.3) is 11.8 Å². The molecule has 4 N–H and O–H groups in total. The van der Waals surface area contributed by atoms with E-state index in [1.165, 1.54) is 25.2 Å². The summed E-state index contributed by atoms with van der Waals surface area (Å²) >= 11 is 0. The van der Waals surface area contributed by atoms with Crippen LogP contribution in [0.3, 0.4) is 0 Å². The Balaban J connectivity index is 2.01. The Hall–Kier alpha value is -2.88. The molecule has 0 radical (unpaired) electrons. The number of halogens is 3. The number of amides is 1. The van der Waals surface area contributed by atoms with E-state index in [9.17, 15) is 18.0 Å². The first-order valence-corrected chi connectivity index (χ1v) is 9.61. The molecule has 162 valence electrons. The zero-order valence-corrected chi connectivity index (χ0v) is 17.0. The number of carbonyl (C=O) groups excluding carboxylic acids is 1.